The van der Waals surface area contributed by atoms with Crippen LogP contribution < -0.4 is 10.2 Å². The van der Waals surface area contributed by atoms with Crippen molar-refractivity contribution in [2.75, 3.05) is 64.3 Å². The number of piperazine rings is 2. The number of aromatic hydroxyl groups is 2. The molecule has 0 atom stereocenters. The number of phenols is 2. The van der Waals surface area contributed by atoms with Crippen LogP contribution >= 0.6 is 15.9 Å². The Balaban J connectivity index is 0.000000122. The predicted molar refractivity (Wildman–Crippen MR) is 345 cm³/mol. The number of H-pyrrole nitrogens is 4. The first kappa shape index (κ1) is 56.1. The Morgan fingerprint density at radius 2 is 1.11 bits per heavy atom. The highest BCUT2D eigenvalue weighted by Crippen LogP contribution is 2.36. The lowest BCUT2D eigenvalue weighted by atomic mass is 10.0. The smallest absolute Gasteiger partial charge is 0.253 e. The minimum atomic E-state index is -0.314. The van der Waals surface area contributed by atoms with Crippen LogP contribution in [0.25, 0.3) is 112 Å². The summed E-state index contributed by atoms with van der Waals surface area (Å²) in [4.78, 5) is 36.6. The number of phenolic OH excluding ortho intramolecular Hbond substituents is 2. The van der Waals surface area contributed by atoms with Crippen molar-refractivity contribution in [2.45, 2.75) is 13.8 Å². The van der Waals surface area contributed by atoms with Gasteiger partial charge in [-0.15, -0.1) is 0 Å². The molecule has 19 heteroatoms. The number of carbonyl (C=O) groups is 1. The summed E-state index contributed by atoms with van der Waals surface area (Å²) < 4.78 is 15.0. The number of nitrogens with zero attached hydrogens (tertiary/aromatic N) is 9. The number of amides is 1. The maximum atomic E-state index is 14.3. The van der Waals surface area contributed by atoms with Gasteiger partial charge in [-0.1, -0.05) is 64.5 Å². The number of aromatic amines is 4. The summed E-state index contributed by atoms with van der Waals surface area (Å²) in [7, 11) is 2.08. The third-order valence-electron chi connectivity index (χ3n) is 16.1. The highest BCUT2D eigenvalue weighted by Gasteiger charge is 2.22. The van der Waals surface area contributed by atoms with Crippen LogP contribution in [-0.4, -0.2) is 136 Å². The number of rotatable bonds is 8. The van der Waals surface area contributed by atoms with E-state index in [0.717, 1.165) is 136 Å². The van der Waals surface area contributed by atoms with Crippen LogP contribution in [0.4, 0.5) is 10.1 Å². The maximum absolute atomic E-state index is 14.3. The molecule has 0 unspecified atom stereocenters. The fourth-order valence-corrected chi connectivity index (χ4v) is 11.6. The van der Waals surface area contributed by atoms with Crippen LogP contribution in [0.5, 0.6) is 11.5 Å². The number of carbonyl (C=O) groups excluding carboxylic acids is 1. The number of nitrogens with one attached hydrogen (secondary N) is 5. The second-order valence-electron chi connectivity index (χ2n) is 21.8. The highest BCUT2D eigenvalue weighted by molar-refractivity contribution is 9.10. The molecule has 0 bridgehead atoms. The van der Waals surface area contributed by atoms with Crippen molar-refractivity contribution in [1.82, 2.24) is 65.6 Å². The molecular weight excluding hydrogens is 1160 g/mol. The van der Waals surface area contributed by atoms with E-state index in [0.29, 0.717) is 55.2 Å². The van der Waals surface area contributed by atoms with Crippen LogP contribution in [0.2, 0.25) is 0 Å². The lowest BCUT2D eigenvalue weighted by Crippen LogP contribution is -2.47. The van der Waals surface area contributed by atoms with Gasteiger partial charge in [0.25, 0.3) is 5.91 Å². The summed E-state index contributed by atoms with van der Waals surface area (Å²) in [6.45, 7) is 11.2. The Kier molecular flexibility index (Phi) is 15.5. The highest BCUT2D eigenvalue weighted by atomic mass is 79.9. The van der Waals surface area contributed by atoms with Crippen LogP contribution in [0.1, 0.15) is 21.5 Å². The SMILES string of the molecule is Cc1cc(-c2ccc3c(-c4ccc(C(=O)N5CCN(C)CC5)cc4)[nH]nc3n2)cc(C)c1O.Fc1cc(Br)ccc1-c1[nH]nc2nc(-c3ccc4cc[nH]c4c3)ccc12.Oc1ccccc1-c1ccc2c(-c3ccc(N4CCNCC4)cc3)[nH]nc2n1. The maximum Gasteiger partial charge on any atom is 0.253 e. The zero-order chi connectivity index (χ0) is 59.7. The van der Waals surface area contributed by atoms with Crippen LogP contribution in [0.15, 0.2) is 174 Å². The van der Waals surface area contributed by atoms with Gasteiger partial charge in [0.2, 0.25) is 0 Å². The summed E-state index contributed by atoms with van der Waals surface area (Å²) in [5.74, 6) is 0.297. The first-order valence-corrected chi connectivity index (χ1v) is 29.5. The van der Waals surface area contributed by atoms with Gasteiger partial charge in [-0.2, -0.15) is 15.3 Å². The summed E-state index contributed by atoms with van der Waals surface area (Å²) in [6.07, 6.45) is 1.91. The van der Waals surface area contributed by atoms with Crippen molar-refractivity contribution < 1.29 is 19.4 Å². The van der Waals surface area contributed by atoms with Gasteiger partial charge in [0, 0.05) is 129 Å². The largest absolute Gasteiger partial charge is 0.507 e. The third-order valence-corrected chi connectivity index (χ3v) is 16.6. The van der Waals surface area contributed by atoms with E-state index >= 15 is 0 Å². The van der Waals surface area contributed by atoms with E-state index in [-0.39, 0.29) is 17.5 Å². The molecule has 7 N–H and O–H groups in total. The van der Waals surface area contributed by atoms with Gasteiger partial charge in [-0.25, -0.2) is 19.3 Å². The number of para-hydroxylation sites is 1. The van der Waals surface area contributed by atoms with Gasteiger partial charge in [-0.05, 0) is 153 Å². The van der Waals surface area contributed by atoms with E-state index < -0.39 is 0 Å². The molecule has 1 amide bonds. The Bertz CT molecular complexity index is 4630. The summed E-state index contributed by atoms with van der Waals surface area (Å²) >= 11 is 3.28. The second kappa shape index (κ2) is 24.1. The normalized spacial score (nSPS) is 13.7. The zero-order valence-electron chi connectivity index (χ0n) is 47.9. The minimum Gasteiger partial charge on any atom is -0.507 e. The van der Waals surface area contributed by atoms with Gasteiger partial charge in [0.15, 0.2) is 16.9 Å². The molecule has 7 aromatic heterocycles. The van der Waals surface area contributed by atoms with Gasteiger partial charge >= 0.3 is 0 Å². The van der Waals surface area contributed by atoms with Crippen LogP contribution in [-0.2, 0) is 0 Å². The fraction of sp³-hybridized carbons (Fsp3) is 0.162. The molecule has 434 valence electrons. The Morgan fingerprint density at radius 1 is 0.552 bits per heavy atom. The fourth-order valence-electron chi connectivity index (χ4n) is 11.2. The number of benzene rings is 6. The standard InChI is InChI=1S/C26H27N5O2.C22H21N5O.C20H12BrFN4/c1-16-14-20(15-17(2)24(16)32)22-9-8-21-23(28-29-25(21)27-22)18-4-6-19(7-5-18)26(33)31-12-10-30(3)11-13-31;28-20-4-2-1-3-17(20)19-10-9-18-21(25-26-22(18)24-19)15-5-7-16(8-6-15)27-13-11-23-12-14-27;21-13-3-4-14(16(22)10-13)19-15-5-6-17(24-20(15)26-25-19)12-2-1-11-7-8-23-18(11)9-12/h4-9,14-15,32H,10-13H2,1-3H3,(H,27,28,29);1-10,23,28H,11-14H2,(H,24,25,26);1-10,23H,(H,24,25,26). The summed E-state index contributed by atoms with van der Waals surface area (Å²) in [6, 6.07) is 52.2. The lowest BCUT2D eigenvalue weighted by molar-refractivity contribution is 0.0664. The van der Waals surface area contributed by atoms with Crippen molar-refractivity contribution in [3.63, 3.8) is 0 Å². The van der Waals surface area contributed by atoms with E-state index in [2.05, 4.69) is 120 Å². The summed E-state index contributed by atoms with van der Waals surface area (Å²) in [5, 5.41) is 49.6. The topological polar surface area (TPSA) is 220 Å². The number of aryl methyl sites for hydroxylation is 2. The molecule has 0 saturated carbocycles. The molecule has 15 rings (SSSR count). The number of anilines is 1. The number of pyridine rings is 3. The number of likely N-dealkylation sites (N-methyl/N-ethyl adjacent to an activating group) is 1. The Morgan fingerprint density at radius 3 is 1.75 bits per heavy atom. The molecule has 2 fully saturated rings. The molecule has 2 aliphatic heterocycles. The Labute approximate surface area is 508 Å². The Hall–Kier alpha value is -10.1. The van der Waals surface area contributed by atoms with Crippen LogP contribution in [0.3, 0.4) is 0 Å². The molecule has 2 saturated heterocycles. The molecule has 13 aromatic rings. The number of halogens is 2. The van der Waals surface area contributed by atoms with Gasteiger partial charge in [0.05, 0.1) is 34.2 Å². The summed E-state index contributed by atoms with van der Waals surface area (Å²) in [5.41, 5.74) is 16.4. The van der Waals surface area contributed by atoms with Gasteiger partial charge in [-0.3, -0.25) is 20.1 Å². The number of hydrogen-bond donors (Lipinski definition) is 7. The first-order chi connectivity index (χ1) is 42.4. The average Bonchev–Trinajstić information content (AvgIpc) is 2.98. The monoisotopic (exact) mass is 1220 g/mol. The lowest BCUT2D eigenvalue weighted by Gasteiger charge is -2.32. The predicted octanol–water partition coefficient (Wildman–Crippen LogP) is 13.1. The van der Waals surface area contributed by atoms with Crippen molar-refractivity contribution in [3.05, 3.63) is 197 Å². The molecule has 0 aliphatic carbocycles. The molecule has 0 radical (unpaired) electrons. The zero-order valence-corrected chi connectivity index (χ0v) is 49.5. The molecule has 0 spiro atoms. The van der Waals surface area contributed by atoms with Gasteiger partial charge < -0.3 is 35.2 Å². The quantitative estimate of drug-likeness (QED) is 0.0756. The van der Waals surface area contributed by atoms with Crippen molar-refractivity contribution in [3.8, 4) is 79.0 Å². The molecule has 9 heterocycles. The molecule has 87 heavy (non-hydrogen) atoms. The van der Waals surface area contributed by atoms with E-state index in [1.54, 1.807) is 24.3 Å². The van der Waals surface area contributed by atoms with Crippen molar-refractivity contribution >= 4 is 71.5 Å². The number of aromatic nitrogens is 10. The van der Waals surface area contributed by atoms with E-state index in [1.807, 2.05) is 122 Å². The van der Waals surface area contributed by atoms with Crippen molar-refractivity contribution in [2.24, 2.45) is 0 Å². The van der Waals surface area contributed by atoms with Crippen LogP contribution in [0, 0.1) is 19.7 Å². The molecule has 17 nitrogen and oxygen atoms in total. The first-order valence-electron chi connectivity index (χ1n) is 28.7. The van der Waals surface area contributed by atoms with E-state index in [4.69, 9.17) is 4.98 Å². The number of fused-ring (bicyclic) bond motifs is 4. The third kappa shape index (κ3) is 11.6. The molecular formula is C68H60BrFN14O3. The van der Waals surface area contributed by atoms with Crippen molar-refractivity contribution in [1.29, 1.82) is 0 Å². The average molecular weight is 1220 g/mol. The minimum absolute atomic E-state index is 0.0786. The van der Waals surface area contributed by atoms with E-state index in [9.17, 15) is 19.4 Å². The molecule has 2 aliphatic rings. The number of hydrogen-bond acceptors (Lipinski definition) is 12. The van der Waals surface area contributed by atoms with Gasteiger partial charge in [0.1, 0.15) is 17.3 Å². The van der Waals surface area contributed by atoms with E-state index in [1.165, 1.54) is 11.8 Å². The second-order valence-corrected chi connectivity index (χ2v) is 22.8. The molecule has 6 aromatic carbocycles.